The van der Waals surface area contributed by atoms with Gasteiger partial charge in [-0.05, 0) is 12.1 Å². The number of likely N-dealkylation sites (tertiary alicyclic amines) is 1. The van der Waals surface area contributed by atoms with Crippen molar-refractivity contribution in [1.82, 2.24) is 4.90 Å². The third-order valence-electron chi connectivity index (χ3n) is 2.78. The summed E-state index contributed by atoms with van der Waals surface area (Å²) in [5.74, 6) is 0.869. The number of rotatable bonds is 3. The van der Waals surface area contributed by atoms with Crippen LogP contribution in [0.1, 0.15) is 12.8 Å². The van der Waals surface area contributed by atoms with E-state index in [0.717, 1.165) is 0 Å². The third-order valence-corrected chi connectivity index (χ3v) is 2.78. The second kappa shape index (κ2) is 5.48. The van der Waals surface area contributed by atoms with E-state index in [9.17, 15) is 9.59 Å². The van der Waals surface area contributed by atoms with Gasteiger partial charge in [0.25, 0.3) is 5.91 Å². The molecule has 90 valence electrons. The van der Waals surface area contributed by atoms with E-state index in [1.54, 1.807) is 4.90 Å². The van der Waals surface area contributed by atoms with Crippen LogP contribution < -0.4 is 4.74 Å². The van der Waals surface area contributed by atoms with Crippen molar-refractivity contribution in [3.63, 3.8) is 0 Å². The first-order valence-electron chi connectivity index (χ1n) is 5.73. The van der Waals surface area contributed by atoms with E-state index in [4.69, 9.17) is 4.74 Å². The summed E-state index contributed by atoms with van der Waals surface area (Å²) in [6.07, 6.45) is 0.939. The maximum atomic E-state index is 11.8. The average Bonchev–Trinajstić information content (AvgIpc) is 2.38. The topological polar surface area (TPSA) is 46.6 Å². The highest BCUT2D eigenvalue weighted by Gasteiger charge is 2.20. The standard InChI is InChI=1S/C13H15NO3/c15-11-6-8-14(9-7-11)13(16)10-17-12-4-2-1-3-5-12/h1-5H,6-10H2. The Morgan fingerprint density at radius 2 is 1.82 bits per heavy atom. The molecule has 0 saturated carbocycles. The zero-order valence-electron chi connectivity index (χ0n) is 9.59. The molecule has 2 rings (SSSR count). The van der Waals surface area contributed by atoms with Crippen LogP contribution in [0.4, 0.5) is 0 Å². The largest absolute Gasteiger partial charge is 0.484 e. The summed E-state index contributed by atoms with van der Waals surface area (Å²) in [7, 11) is 0. The van der Waals surface area contributed by atoms with E-state index < -0.39 is 0 Å². The molecule has 4 heteroatoms. The number of benzene rings is 1. The van der Waals surface area contributed by atoms with Crippen LogP contribution in [0.3, 0.4) is 0 Å². The summed E-state index contributed by atoms with van der Waals surface area (Å²) in [4.78, 5) is 24.5. The number of Topliss-reactive ketones (excluding diaryl/α,β-unsaturated/α-hetero) is 1. The van der Waals surface area contributed by atoms with Gasteiger partial charge < -0.3 is 9.64 Å². The van der Waals surface area contributed by atoms with Crippen molar-refractivity contribution in [3.8, 4) is 5.75 Å². The van der Waals surface area contributed by atoms with Crippen LogP contribution in [0.25, 0.3) is 0 Å². The van der Waals surface area contributed by atoms with E-state index in [2.05, 4.69) is 0 Å². The minimum Gasteiger partial charge on any atom is -0.484 e. The Balaban J connectivity index is 1.80. The predicted octanol–water partition coefficient (Wildman–Crippen LogP) is 1.26. The lowest BCUT2D eigenvalue weighted by Gasteiger charge is -2.25. The molecule has 0 spiro atoms. The van der Waals surface area contributed by atoms with E-state index >= 15 is 0 Å². The van der Waals surface area contributed by atoms with Gasteiger partial charge in [0.15, 0.2) is 6.61 Å². The van der Waals surface area contributed by atoms with Crippen molar-refractivity contribution in [3.05, 3.63) is 30.3 Å². The molecular weight excluding hydrogens is 218 g/mol. The highest BCUT2D eigenvalue weighted by atomic mass is 16.5. The zero-order chi connectivity index (χ0) is 12.1. The minimum atomic E-state index is -0.0543. The number of carbonyl (C=O) groups is 2. The number of hydrogen-bond acceptors (Lipinski definition) is 3. The molecule has 0 atom stereocenters. The Morgan fingerprint density at radius 1 is 1.18 bits per heavy atom. The number of carbonyl (C=O) groups excluding carboxylic acids is 2. The molecule has 0 unspecified atom stereocenters. The Kier molecular flexibility index (Phi) is 3.75. The molecule has 17 heavy (non-hydrogen) atoms. The van der Waals surface area contributed by atoms with Crippen LogP contribution >= 0.6 is 0 Å². The fraction of sp³-hybridized carbons (Fsp3) is 0.385. The maximum absolute atomic E-state index is 11.8. The van der Waals surface area contributed by atoms with Crippen LogP contribution in [0.5, 0.6) is 5.75 Å². The summed E-state index contributed by atoms with van der Waals surface area (Å²) in [5.41, 5.74) is 0. The van der Waals surface area contributed by atoms with Gasteiger partial charge in [-0.2, -0.15) is 0 Å². The Morgan fingerprint density at radius 3 is 2.47 bits per heavy atom. The molecule has 1 aromatic carbocycles. The molecule has 1 aliphatic rings. The summed E-state index contributed by atoms with van der Waals surface area (Å²) in [6, 6.07) is 9.24. The lowest BCUT2D eigenvalue weighted by atomic mass is 10.1. The van der Waals surface area contributed by atoms with Gasteiger partial charge in [0.1, 0.15) is 11.5 Å². The van der Waals surface area contributed by atoms with E-state index in [1.807, 2.05) is 30.3 Å². The normalized spacial score (nSPS) is 15.8. The highest BCUT2D eigenvalue weighted by molar-refractivity contribution is 5.83. The molecular formula is C13H15NO3. The molecule has 1 heterocycles. The molecule has 4 nitrogen and oxygen atoms in total. The number of hydrogen-bond donors (Lipinski definition) is 0. The van der Waals surface area contributed by atoms with Crippen LogP contribution in [-0.4, -0.2) is 36.3 Å². The van der Waals surface area contributed by atoms with E-state index in [-0.39, 0.29) is 18.3 Å². The minimum absolute atomic E-state index is 0.0399. The van der Waals surface area contributed by atoms with Crippen LogP contribution in [0, 0.1) is 0 Å². The molecule has 1 fully saturated rings. The number of amides is 1. The Bertz CT molecular complexity index is 392. The van der Waals surface area contributed by atoms with E-state index in [0.29, 0.717) is 31.7 Å². The van der Waals surface area contributed by atoms with Crippen LogP contribution in [0.2, 0.25) is 0 Å². The first kappa shape index (κ1) is 11.6. The second-order valence-corrected chi connectivity index (χ2v) is 4.02. The van der Waals surface area contributed by atoms with Gasteiger partial charge in [0.2, 0.25) is 0 Å². The fourth-order valence-corrected chi connectivity index (χ4v) is 1.76. The molecule has 0 N–H and O–H groups in total. The van der Waals surface area contributed by atoms with Crippen molar-refractivity contribution >= 4 is 11.7 Å². The Labute approximate surface area is 100 Å². The summed E-state index contributed by atoms with van der Waals surface area (Å²) in [6.45, 7) is 1.09. The fourth-order valence-electron chi connectivity index (χ4n) is 1.76. The predicted molar refractivity (Wildman–Crippen MR) is 62.8 cm³/mol. The van der Waals surface area contributed by atoms with E-state index in [1.165, 1.54) is 0 Å². The van der Waals surface area contributed by atoms with Crippen molar-refractivity contribution < 1.29 is 14.3 Å². The van der Waals surface area contributed by atoms with Crippen molar-refractivity contribution in [2.75, 3.05) is 19.7 Å². The number of ketones is 1. The smallest absolute Gasteiger partial charge is 0.260 e. The van der Waals surface area contributed by atoms with Gasteiger partial charge in [-0.15, -0.1) is 0 Å². The monoisotopic (exact) mass is 233 g/mol. The molecule has 0 bridgehead atoms. The summed E-state index contributed by atoms with van der Waals surface area (Å²) >= 11 is 0. The number of ether oxygens (including phenoxy) is 1. The maximum Gasteiger partial charge on any atom is 0.260 e. The Hall–Kier alpha value is -1.84. The molecule has 0 radical (unpaired) electrons. The van der Waals surface area contributed by atoms with Gasteiger partial charge in [-0.25, -0.2) is 0 Å². The first-order valence-corrected chi connectivity index (χ1v) is 5.73. The van der Waals surface area contributed by atoms with Gasteiger partial charge in [-0.3, -0.25) is 9.59 Å². The van der Waals surface area contributed by atoms with Gasteiger partial charge in [-0.1, -0.05) is 18.2 Å². The zero-order valence-corrected chi connectivity index (χ0v) is 9.59. The number of nitrogens with zero attached hydrogens (tertiary/aromatic N) is 1. The molecule has 1 aromatic rings. The molecule has 0 aromatic heterocycles. The molecule has 1 amide bonds. The van der Waals surface area contributed by atoms with Crippen molar-refractivity contribution in [2.24, 2.45) is 0 Å². The summed E-state index contributed by atoms with van der Waals surface area (Å²) < 4.78 is 5.37. The highest BCUT2D eigenvalue weighted by Crippen LogP contribution is 2.10. The first-order chi connectivity index (χ1) is 8.25. The number of para-hydroxylation sites is 1. The lowest BCUT2D eigenvalue weighted by molar-refractivity contribution is -0.136. The number of piperidine rings is 1. The third kappa shape index (κ3) is 3.31. The van der Waals surface area contributed by atoms with Crippen molar-refractivity contribution in [2.45, 2.75) is 12.8 Å². The average molecular weight is 233 g/mol. The van der Waals surface area contributed by atoms with Gasteiger partial charge in [0, 0.05) is 25.9 Å². The molecule has 0 aliphatic carbocycles. The van der Waals surface area contributed by atoms with Gasteiger partial charge >= 0.3 is 0 Å². The second-order valence-electron chi connectivity index (χ2n) is 4.02. The summed E-state index contributed by atoms with van der Waals surface area (Å²) in [5, 5.41) is 0. The SMILES string of the molecule is O=C1CCN(C(=O)COc2ccccc2)CC1. The lowest BCUT2D eigenvalue weighted by Crippen LogP contribution is -2.41. The van der Waals surface area contributed by atoms with Crippen LogP contribution in [-0.2, 0) is 9.59 Å². The van der Waals surface area contributed by atoms with Crippen molar-refractivity contribution in [1.29, 1.82) is 0 Å². The van der Waals surface area contributed by atoms with Crippen LogP contribution in [0.15, 0.2) is 30.3 Å². The van der Waals surface area contributed by atoms with Gasteiger partial charge in [0.05, 0.1) is 0 Å². The quantitative estimate of drug-likeness (QED) is 0.789. The molecule has 1 saturated heterocycles. The molecule has 1 aliphatic heterocycles.